The summed E-state index contributed by atoms with van der Waals surface area (Å²) in [7, 11) is 0. The highest BCUT2D eigenvalue weighted by Crippen LogP contribution is 2.11. The molecule has 0 aliphatic rings. The predicted molar refractivity (Wildman–Crippen MR) is 91.2 cm³/mol. The van der Waals surface area contributed by atoms with Gasteiger partial charge in [-0.25, -0.2) is 4.39 Å². The summed E-state index contributed by atoms with van der Waals surface area (Å²) in [6.07, 6.45) is 2.99. The lowest BCUT2D eigenvalue weighted by Crippen LogP contribution is -2.32. The third kappa shape index (κ3) is 5.27. The molecule has 0 heterocycles. The molecule has 0 saturated carbocycles. The molecular formula is C16H12ClFN2OS. The van der Waals surface area contributed by atoms with Crippen LogP contribution in [0.15, 0.2) is 54.6 Å². The number of benzene rings is 2. The highest BCUT2D eigenvalue weighted by atomic mass is 35.5. The van der Waals surface area contributed by atoms with Crippen LogP contribution in [0, 0.1) is 5.82 Å². The molecule has 0 fully saturated rings. The standard InChI is InChI=1S/C16H12ClFN2OS/c17-12-7-4-11(5-8-12)6-9-15(21)20-16(22)19-14-3-1-2-13(18)10-14/h1-10H,(H2,19,20,21,22)/b9-6+. The number of carbonyl (C=O) groups is 1. The van der Waals surface area contributed by atoms with E-state index in [-0.39, 0.29) is 16.8 Å². The van der Waals surface area contributed by atoms with Crippen LogP contribution < -0.4 is 10.6 Å². The molecule has 2 aromatic carbocycles. The van der Waals surface area contributed by atoms with E-state index in [4.69, 9.17) is 23.8 Å². The molecule has 0 aromatic heterocycles. The molecule has 0 aliphatic heterocycles. The quantitative estimate of drug-likeness (QED) is 0.658. The van der Waals surface area contributed by atoms with Crippen molar-refractivity contribution in [1.82, 2.24) is 5.32 Å². The smallest absolute Gasteiger partial charge is 0.250 e. The molecule has 0 atom stereocenters. The highest BCUT2D eigenvalue weighted by Gasteiger charge is 2.02. The van der Waals surface area contributed by atoms with Crippen LogP contribution >= 0.6 is 23.8 Å². The van der Waals surface area contributed by atoms with Crippen molar-refractivity contribution in [2.45, 2.75) is 0 Å². The zero-order chi connectivity index (χ0) is 15.9. The minimum atomic E-state index is -0.387. The number of hydrogen-bond acceptors (Lipinski definition) is 2. The number of carbonyl (C=O) groups excluding carboxylic acids is 1. The third-order valence-corrected chi connectivity index (χ3v) is 3.07. The van der Waals surface area contributed by atoms with Crippen LogP contribution in [0.4, 0.5) is 10.1 Å². The number of rotatable bonds is 3. The number of thiocarbonyl (C=S) groups is 1. The SMILES string of the molecule is O=C(/C=C/c1ccc(Cl)cc1)NC(=S)Nc1cccc(F)c1. The summed E-state index contributed by atoms with van der Waals surface area (Å²) in [6, 6.07) is 12.8. The van der Waals surface area contributed by atoms with Gasteiger partial charge < -0.3 is 5.32 Å². The molecule has 0 bridgehead atoms. The van der Waals surface area contributed by atoms with Gasteiger partial charge >= 0.3 is 0 Å². The monoisotopic (exact) mass is 334 g/mol. The predicted octanol–water partition coefficient (Wildman–Crippen LogP) is 4.01. The van der Waals surface area contributed by atoms with Crippen molar-refractivity contribution >= 4 is 46.6 Å². The molecule has 22 heavy (non-hydrogen) atoms. The Morgan fingerprint density at radius 1 is 1.18 bits per heavy atom. The van der Waals surface area contributed by atoms with Gasteiger partial charge in [0.15, 0.2) is 5.11 Å². The van der Waals surface area contributed by atoms with Crippen LogP contribution in [0.25, 0.3) is 6.08 Å². The van der Waals surface area contributed by atoms with E-state index in [1.165, 1.54) is 18.2 Å². The summed E-state index contributed by atoms with van der Waals surface area (Å²) in [6.45, 7) is 0. The lowest BCUT2D eigenvalue weighted by Gasteiger charge is -2.07. The van der Waals surface area contributed by atoms with Gasteiger partial charge in [0.2, 0.25) is 5.91 Å². The Kier molecular flexibility index (Phi) is 5.63. The first kappa shape index (κ1) is 16.1. The molecule has 0 spiro atoms. The number of nitrogens with one attached hydrogen (secondary N) is 2. The molecule has 1 amide bonds. The van der Waals surface area contributed by atoms with Crippen LogP contribution in [0.1, 0.15) is 5.56 Å². The zero-order valence-electron chi connectivity index (χ0n) is 11.3. The number of hydrogen-bond donors (Lipinski definition) is 2. The summed E-state index contributed by atoms with van der Waals surface area (Å²) in [4.78, 5) is 11.7. The first-order valence-corrected chi connectivity index (χ1v) is 7.13. The summed E-state index contributed by atoms with van der Waals surface area (Å²) < 4.78 is 13.0. The number of halogens is 2. The molecule has 2 rings (SSSR count). The first-order valence-electron chi connectivity index (χ1n) is 6.34. The second-order valence-electron chi connectivity index (χ2n) is 4.34. The first-order chi connectivity index (χ1) is 10.5. The lowest BCUT2D eigenvalue weighted by molar-refractivity contribution is -0.115. The Balaban J connectivity index is 1.88. The van der Waals surface area contributed by atoms with Gasteiger partial charge in [-0.05, 0) is 54.2 Å². The Bertz CT molecular complexity index is 716. The molecular weight excluding hydrogens is 323 g/mol. The maximum atomic E-state index is 13.0. The van der Waals surface area contributed by atoms with Gasteiger partial charge in [-0.15, -0.1) is 0 Å². The van der Waals surface area contributed by atoms with Crippen molar-refractivity contribution in [3.63, 3.8) is 0 Å². The van der Waals surface area contributed by atoms with Gasteiger partial charge in [0.05, 0.1) is 0 Å². The molecule has 3 nitrogen and oxygen atoms in total. The van der Waals surface area contributed by atoms with E-state index in [9.17, 15) is 9.18 Å². The van der Waals surface area contributed by atoms with Crippen LogP contribution in [0.5, 0.6) is 0 Å². The number of amides is 1. The van der Waals surface area contributed by atoms with Crippen molar-refractivity contribution in [2.24, 2.45) is 0 Å². The molecule has 6 heteroatoms. The fraction of sp³-hybridized carbons (Fsp3) is 0. The van der Waals surface area contributed by atoms with E-state index in [1.807, 2.05) is 0 Å². The summed E-state index contributed by atoms with van der Waals surface area (Å²) in [5.41, 5.74) is 1.30. The van der Waals surface area contributed by atoms with Gasteiger partial charge in [0.1, 0.15) is 5.82 Å². The van der Waals surface area contributed by atoms with E-state index in [0.717, 1.165) is 5.56 Å². The van der Waals surface area contributed by atoms with Crippen LogP contribution in [0.3, 0.4) is 0 Å². The van der Waals surface area contributed by atoms with Crippen LogP contribution in [-0.4, -0.2) is 11.0 Å². The average molecular weight is 335 g/mol. The normalized spacial score (nSPS) is 10.5. The summed E-state index contributed by atoms with van der Waals surface area (Å²) in [5, 5.41) is 5.92. The second kappa shape index (κ2) is 7.68. The van der Waals surface area contributed by atoms with Crippen LogP contribution in [-0.2, 0) is 4.79 Å². The molecule has 0 aliphatic carbocycles. The molecule has 0 unspecified atom stereocenters. The van der Waals surface area contributed by atoms with Gasteiger partial charge in [-0.2, -0.15) is 0 Å². The highest BCUT2D eigenvalue weighted by molar-refractivity contribution is 7.80. The molecule has 2 aromatic rings. The summed E-state index contributed by atoms with van der Waals surface area (Å²) in [5.74, 6) is -0.773. The van der Waals surface area contributed by atoms with Crippen molar-refractivity contribution in [1.29, 1.82) is 0 Å². The third-order valence-electron chi connectivity index (χ3n) is 2.62. The van der Waals surface area contributed by atoms with Crippen molar-refractivity contribution in [3.05, 3.63) is 71.0 Å². The van der Waals surface area contributed by atoms with Gasteiger partial charge in [0, 0.05) is 16.8 Å². The van der Waals surface area contributed by atoms with Gasteiger partial charge in [0.25, 0.3) is 0 Å². The topological polar surface area (TPSA) is 41.1 Å². The Hall–Kier alpha value is -2.24. The Morgan fingerprint density at radius 2 is 1.91 bits per heavy atom. The summed E-state index contributed by atoms with van der Waals surface area (Å²) >= 11 is 10.8. The van der Waals surface area contributed by atoms with E-state index in [2.05, 4.69) is 10.6 Å². The zero-order valence-corrected chi connectivity index (χ0v) is 12.9. The van der Waals surface area contributed by atoms with Crippen molar-refractivity contribution in [3.8, 4) is 0 Å². The van der Waals surface area contributed by atoms with Gasteiger partial charge in [-0.1, -0.05) is 29.8 Å². The molecule has 0 saturated heterocycles. The fourth-order valence-corrected chi connectivity index (χ4v) is 1.97. The van der Waals surface area contributed by atoms with E-state index in [1.54, 1.807) is 42.5 Å². The van der Waals surface area contributed by atoms with Crippen molar-refractivity contribution in [2.75, 3.05) is 5.32 Å². The number of anilines is 1. The van der Waals surface area contributed by atoms with Crippen LogP contribution in [0.2, 0.25) is 5.02 Å². The fourth-order valence-electron chi connectivity index (χ4n) is 1.63. The molecule has 2 N–H and O–H groups in total. The molecule has 0 radical (unpaired) electrons. The maximum absolute atomic E-state index is 13.0. The minimum Gasteiger partial charge on any atom is -0.332 e. The van der Waals surface area contributed by atoms with E-state index < -0.39 is 0 Å². The van der Waals surface area contributed by atoms with Gasteiger partial charge in [-0.3, -0.25) is 10.1 Å². The molecule has 112 valence electrons. The van der Waals surface area contributed by atoms with E-state index in [0.29, 0.717) is 10.7 Å². The van der Waals surface area contributed by atoms with E-state index >= 15 is 0 Å². The Labute approximate surface area is 137 Å². The average Bonchev–Trinajstić information content (AvgIpc) is 2.46. The maximum Gasteiger partial charge on any atom is 0.250 e. The largest absolute Gasteiger partial charge is 0.332 e. The Morgan fingerprint density at radius 3 is 2.59 bits per heavy atom. The minimum absolute atomic E-state index is 0.0938. The second-order valence-corrected chi connectivity index (χ2v) is 5.18. The van der Waals surface area contributed by atoms with Crippen molar-refractivity contribution < 1.29 is 9.18 Å². The lowest BCUT2D eigenvalue weighted by atomic mass is 10.2.